The van der Waals surface area contributed by atoms with Crippen molar-refractivity contribution >= 4 is 6.03 Å². The number of fused-ring (bicyclic) bond motifs is 3. The molecule has 1 saturated heterocycles. The van der Waals surface area contributed by atoms with Gasteiger partial charge in [-0.1, -0.05) is 30.7 Å². The second-order valence-corrected chi connectivity index (χ2v) is 7.87. The second-order valence-electron chi connectivity index (χ2n) is 7.87. The van der Waals surface area contributed by atoms with E-state index in [1.54, 1.807) is 0 Å². The molecule has 5 rings (SSSR count). The van der Waals surface area contributed by atoms with Gasteiger partial charge in [0.25, 0.3) is 0 Å². The zero-order valence-corrected chi connectivity index (χ0v) is 13.7. The van der Waals surface area contributed by atoms with Crippen LogP contribution in [0.1, 0.15) is 42.9 Å². The SMILES string of the molecule is O=C(NC1C2CCOC2C12CCC2)N[C@@H]1c2ccccc2C[C@@H]1O. The lowest BCUT2D eigenvalue weighted by Gasteiger charge is -2.63. The van der Waals surface area contributed by atoms with Crippen LogP contribution in [0.15, 0.2) is 24.3 Å². The number of nitrogens with one attached hydrogen (secondary N) is 2. The molecule has 24 heavy (non-hydrogen) atoms. The third-order valence-corrected chi connectivity index (χ3v) is 6.81. The Morgan fingerprint density at radius 1 is 1.25 bits per heavy atom. The maximum atomic E-state index is 12.6. The van der Waals surface area contributed by atoms with E-state index in [0.717, 1.165) is 37.0 Å². The molecule has 4 aliphatic rings. The highest BCUT2D eigenvalue weighted by Gasteiger charge is 2.67. The predicted octanol–water partition coefficient (Wildman–Crippen LogP) is 1.90. The van der Waals surface area contributed by atoms with Gasteiger partial charge in [-0.05, 0) is 30.4 Å². The van der Waals surface area contributed by atoms with Crippen molar-refractivity contribution in [3.05, 3.63) is 35.4 Å². The van der Waals surface area contributed by atoms with Gasteiger partial charge in [-0.3, -0.25) is 0 Å². The average Bonchev–Trinajstić information content (AvgIpc) is 3.07. The Morgan fingerprint density at radius 3 is 2.88 bits per heavy atom. The first-order valence-electron chi connectivity index (χ1n) is 9.13. The highest BCUT2D eigenvalue weighted by atomic mass is 16.5. The summed E-state index contributed by atoms with van der Waals surface area (Å²) in [6.07, 6.45) is 5.02. The molecule has 0 radical (unpaired) electrons. The Labute approximate surface area is 141 Å². The van der Waals surface area contributed by atoms with Crippen molar-refractivity contribution in [2.45, 2.75) is 56.4 Å². The summed E-state index contributed by atoms with van der Waals surface area (Å²) in [6.45, 7) is 0.825. The van der Waals surface area contributed by atoms with Crippen LogP contribution in [0.25, 0.3) is 0 Å². The molecular formula is C19H24N2O3. The van der Waals surface area contributed by atoms with Gasteiger partial charge in [-0.25, -0.2) is 4.79 Å². The fourth-order valence-electron chi connectivity index (χ4n) is 5.53. The van der Waals surface area contributed by atoms with Crippen LogP contribution in [0.4, 0.5) is 4.79 Å². The Morgan fingerprint density at radius 2 is 2.08 bits per heavy atom. The molecule has 1 heterocycles. The molecule has 2 saturated carbocycles. The van der Waals surface area contributed by atoms with Gasteiger partial charge >= 0.3 is 6.03 Å². The van der Waals surface area contributed by atoms with Crippen molar-refractivity contribution in [3.8, 4) is 0 Å². The number of rotatable bonds is 2. The maximum Gasteiger partial charge on any atom is 0.315 e. The first kappa shape index (κ1) is 14.7. The van der Waals surface area contributed by atoms with Crippen molar-refractivity contribution in [2.75, 3.05) is 6.61 Å². The van der Waals surface area contributed by atoms with Crippen molar-refractivity contribution in [1.82, 2.24) is 10.6 Å². The molecule has 0 aromatic heterocycles. The number of urea groups is 1. The zero-order chi connectivity index (χ0) is 16.3. The number of carbonyl (C=O) groups excluding carboxylic acids is 1. The molecule has 1 aliphatic heterocycles. The van der Waals surface area contributed by atoms with Crippen LogP contribution in [0.2, 0.25) is 0 Å². The van der Waals surface area contributed by atoms with E-state index in [4.69, 9.17) is 4.74 Å². The van der Waals surface area contributed by atoms with Gasteiger partial charge < -0.3 is 20.5 Å². The molecule has 0 bridgehead atoms. The molecule has 3 aliphatic carbocycles. The summed E-state index contributed by atoms with van der Waals surface area (Å²) in [5.74, 6) is 0.469. The number of benzene rings is 1. The number of carbonyl (C=O) groups is 1. The van der Waals surface area contributed by atoms with Gasteiger partial charge in [0.1, 0.15) is 0 Å². The van der Waals surface area contributed by atoms with Crippen LogP contribution >= 0.6 is 0 Å². The van der Waals surface area contributed by atoms with Gasteiger partial charge in [0, 0.05) is 30.4 Å². The number of hydrogen-bond acceptors (Lipinski definition) is 3. The largest absolute Gasteiger partial charge is 0.390 e. The molecule has 5 heteroatoms. The van der Waals surface area contributed by atoms with E-state index in [9.17, 15) is 9.90 Å². The molecule has 3 N–H and O–H groups in total. The number of aliphatic hydroxyl groups excluding tert-OH is 1. The summed E-state index contributed by atoms with van der Waals surface area (Å²) in [4.78, 5) is 12.6. The van der Waals surface area contributed by atoms with Crippen LogP contribution in [0.3, 0.4) is 0 Å². The molecule has 3 unspecified atom stereocenters. The van der Waals surface area contributed by atoms with Gasteiger partial charge in [0.05, 0.1) is 18.2 Å². The molecule has 5 atom stereocenters. The van der Waals surface area contributed by atoms with Gasteiger partial charge in [0.2, 0.25) is 0 Å². The van der Waals surface area contributed by atoms with Crippen LogP contribution < -0.4 is 10.6 Å². The van der Waals surface area contributed by atoms with E-state index in [-0.39, 0.29) is 23.5 Å². The van der Waals surface area contributed by atoms with Gasteiger partial charge in [0.15, 0.2) is 0 Å². The van der Waals surface area contributed by atoms with Crippen LogP contribution in [0.5, 0.6) is 0 Å². The summed E-state index contributed by atoms with van der Waals surface area (Å²) in [5.41, 5.74) is 2.35. The van der Waals surface area contributed by atoms with Crippen molar-refractivity contribution in [2.24, 2.45) is 11.3 Å². The van der Waals surface area contributed by atoms with Crippen LogP contribution in [0, 0.1) is 11.3 Å². The monoisotopic (exact) mass is 328 g/mol. The van der Waals surface area contributed by atoms with Gasteiger partial charge in [-0.15, -0.1) is 0 Å². The normalized spacial score (nSPS) is 38.0. The average molecular weight is 328 g/mol. The highest BCUT2D eigenvalue weighted by molar-refractivity contribution is 5.75. The maximum absolute atomic E-state index is 12.6. The minimum atomic E-state index is -0.547. The highest BCUT2D eigenvalue weighted by Crippen LogP contribution is 2.62. The fourth-order valence-corrected chi connectivity index (χ4v) is 5.53. The lowest BCUT2D eigenvalue weighted by Crippen LogP contribution is -2.72. The minimum absolute atomic E-state index is 0.155. The van der Waals surface area contributed by atoms with Crippen LogP contribution in [-0.2, 0) is 11.2 Å². The Kier molecular flexibility index (Phi) is 3.19. The van der Waals surface area contributed by atoms with E-state index in [1.807, 2.05) is 24.3 Å². The second kappa shape index (κ2) is 5.20. The lowest BCUT2D eigenvalue weighted by molar-refractivity contribution is -0.172. The van der Waals surface area contributed by atoms with E-state index in [0.29, 0.717) is 18.4 Å². The first-order chi connectivity index (χ1) is 11.7. The van der Waals surface area contributed by atoms with Crippen molar-refractivity contribution in [3.63, 3.8) is 0 Å². The lowest BCUT2D eigenvalue weighted by atomic mass is 9.46. The summed E-state index contributed by atoms with van der Waals surface area (Å²) in [6, 6.07) is 7.71. The fraction of sp³-hybridized carbons (Fsp3) is 0.632. The van der Waals surface area contributed by atoms with Crippen molar-refractivity contribution < 1.29 is 14.6 Å². The van der Waals surface area contributed by atoms with E-state index in [2.05, 4.69) is 10.6 Å². The quantitative estimate of drug-likeness (QED) is 0.776. The first-order valence-corrected chi connectivity index (χ1v) is 9.13. The predicted molar refractivity (Wildman–Crippen MR) is 88.5 cm³/mol. The van der Waals surface area contributed by atoms with E-state index >= 15 is 0 Å². The molecule has 2 amide bonds. The minimum Gasteiger partial charge on any atom is -0.390 e. The smallest absolute Gasteiger partial charge is 0.315 e. The summed E-state index contributed by atoms with van der Waals surface area (Å²) < 4.78 is 5.91. The standard InChI is InChI=1S/C19H24N2O3/c22-14-10-11-4-1-2-5-12(11)15(14)20-18(23)21-16-13-6-9-24-17(13)19(16)7-3-8-19/h1-2,4-5,13-17,22H,3,6-10H2,(H2,20,21,23)/t13?,14-,15+,16?,17?/m0/s1. The molecule has 5 nitrogen and oxygen atoms in total. The summed E-state index contributed by atoms with van der Waals surface area (Å²) in [7, 11) is 0. The number of hydrogen-bond donors (Lipinski definition) is 3. The Hall–Kier alpha value is -1.59. The Balaban J connectivity index is 1.28. The molecule has 1 aromatic carbocycles. The van der Waals surface area contributed by atoms with Gasteiger partial charge in [-0.2, -0.15) is 0 Å². The number of aliphatic hydroxyl groups is 1. The topological polar surface area (TPSA) is 70.6 Å². The zero-order valence-electron chi connectivity index (χ0n) is 13.7. The Bertz CT molecular complexity index is 672. The van der Waals surface area contributed by atoms with Crippen LogP contribution in [-0.4, -0.2) is 36.0 Å². The summed E-state index contributed by atoms with van der Waals surface area (Å²) >= 11 is 0. The third kappa shape index (κ3) is 1.91. The third-order valence-electron chi connectivity index (χ3n) is 6.81. The van der Waals surface area contributed by atoms with E-state index < -0.39 is 6.10 Å². The molecule has 1 spiro atoms. The number of ether oxygens (including phenoxy) is 1. The molecule has 128 valence electrons. The summed E-state index contributed by atoms with van der Waals surface area (Å²) in [5, 5.41) is 16.5. The van der Waals surface area contributed by atoms with E-state index in [1.165, 1.54) is 6.42 Å². The number of amides is 2. The van der Waals surface area contributed by atoms with Crippen molar-refractivity contribution in [1.29, 1.82) is 0 Å². The molecular weight excluding hydrogens is 304 g/mol. The molecule has 3 fully saturated rings. The molecule has 1 aromatic rings.